The zero-order valence-corrected chi connectivity index (χ0v) is 23.4. The lowest BCUT2D eigenvalue weighted by atomic mass is 9.86. The molecule has 2 aliphatic rings. The van der Waals surface area contributed by atoms with Crippen LogP contribution in [-0.4, -0.2) is 64.0 Å². The van der Waals surface area contributed by atoms with Crippen molar-refractivity contribution in [3.8, 4) is 0 Å². The molecule has 1 aliphatic carbocycles. The Balaban J connectivity index is 1.50. The highest BCUT2D eigenvalue weighted by Crippen LogP contribution is 2.29. The number of nitrogens with one attached hydrogen (secondary N) is 1. The van der Waals surface area contributed by atoms with E-state index < -0.39 is 29.4 Å². The molecule has 206 valence electrons. The zero-order valence-electron chi connectivity index (χ0n) is 22.6. The van der Waals surface area contributed by atoms with Crippen LogP contribution in [0.4, 0.5) is 0 Å². The van der Waals surface area contributed by atoms with E-state index in [-0.39, 0.29) is 24.3 Å². The molecule has 1 saturated carbocycles. The van der Waals surface area contributed by atoms with Crippen LogP contribution in [0.25, 0.3) is 0 Å². The number of carboxylic acids is 1. The summed E-state index contributed by atoms with van der Waals surface area (Å²) in [7, 11) is 0. The molecular formula is C29H44N2O5S. The Morgan fingerprint density at radius 2 is 1.78 bits per heavy atom. The quantitative estimate of drug-likeness (QED) is 0.398. The van der Waals surface area contributed by atoms with E-state index in [0.717, 1.165) is 37.8 Å². The Morgan fingerprint density at radius 3 is 2.43 bits per heavy atom. The molecule has 1 aromatic rings. The summed E-state index contributed by atoms with van der Waals surface area (Å²) in [5, 5.41) is 12.5. The van der Waals surface area contributed by atoms with Crippen molar-refractivity contribution in [3.63, 3.8) is 0 Å². The third kappa shape index (κ3) is 9.32. The molecule has 1 aromatic carbocycles. The van der Waals surface area contributed by atoms with E-state index in [2.05, 4.69) is 5.32 Å². The summed E-state index contributed by atoms with van der Waals surface area (Å²) in [5.41, 5.74) is 0.451. The van der Waals surface area contributed by atoms with Crippen LogP contribution < -0.4 is 5.32 Å². The van der Waals surface area contributed by atoms with Crippen LogP contribution in [0.2, 0.25) is 0 Å². The van der Waals surface area contributed by atoms with Gasteiger partial charge in [-0.05, 0) is 42.6 Å². The predicted molar refractivity (Wildman–Crippen MR) is 147 cm³/mol. The SMILES string of the molecule is CC(C)(C)[C@H](OCc1ccccc1)C(=O)N[C@@H](CSC[C@@H]1CCCN1C(=O)CC1CCCCC1)C(=O)O. The fourth-order valence-corrected chi connectivity index (χ4v) is 6.53. The highest BCUT2D eigenvalue weighted by molar-refractivity contribution is 7.99. The maximum atomic E-state index is 13.1. The number of ether oxygens (including phenoxy) is 1. The molecule has 0 aromatic heterocycles. The van der Waals surface area contributed by atoms with Gasteiger partial charge in [0.2, 0.25) is 11.8 Å². The van der Waals surface area contributed by atoms with Gasteiger partial charge in [0, 0.05) is 30.5 Å². The summed E-state index contributed by atoms with van der Waals surface area (Å²) in [5.74, 6) is 0.221. The minimum absolute atomic E-state index is 0.141. The van der Waals surface area contributed by atoms with Gasteiger partial charge in [-0.15, -0.1) is 0 Å². The first-order valence-electron chi connectivity index (χ1n) is 13.7. The summed E-state index contributed by atoms with van der Waals surface area (Å²) in [6, 6.07) is 8.73. The molecule has 0 radical (unpaired) electrons. The van der Waals surface area contributed by atoms with Crippen molar-refractivity contribution in [2.75, 3.05) is 18.1 Å². The first kappa shape index (κ1) is 29.5. The average Bonchev–Trinajstić information content (AvgIpc) is 3.32. The number of hydrogen-bond donors (Lipinski definition) is 2. The van der Waals surface area contributed by atoms with Crippen LogP contribution in [0.5, 0.6) is 0 Å². The Hall–Kier alpha value is -2.06. The van der Waals surface area contributed by atoms with E-state index in [1.807, 2.05) is 56.0 Å². The van der Waals surface area contributed by atoms with E-state index in [1.165, 1.54) is 31.0 Å². The summed E-state index contributed by atoms with van der Waals surface area (Å²) in [4.78, 5) is 40.1. The largest absolute Gasteiger partial charge is 0.480 e. The Morgan fingerprint density at radius 1 is 1.08 bits per heavy atom. The van der Waals surface area contributed by atoms with Crippen molar-refractivity contribution in [3.05, 3.63) is 35.9 Å². The van der Waals surface area contributed by atoms with Crippen molar-refractivity contribution in [1.29, 1.82) is 0 Å². The zero-order chi connectivity index (χ0) is 26.8. The van der Waals surface area contributed by atoms with Crippen LogP contribution >= 0.6 is 11.8 Å². The lowest BCUT2D eigenvalue weighted by Gasteiger charge is -2.31. The lowest BCUT2D eigenvalue weighted by Crippen LogP contribution is -2.51. The molecule has 2 amide bonds. The predicted octanol–water partition coefficient (Wildman–Crippen LogP) is 4.88. The lowest BCUT2D eigenvalue weighted by molar-refractivity contribution is -0.147. The number of benzene rings is 1. The highest BCUT2D eigenvalue weighted by Gasteiger charge is 2.35. The van der Waals surface area contributed by atoms with Gasteiger partial charge >= 0.3 is 5.97 Å². The van der Waals surface area contributed by atoms with Gasteiger partial charge < -0.3 is 20.1 Å². The fraction of sp³-hybridized carbons (Fsp3) is 0.690. The van der Waals surface area contributed by atoms with Crippen LogP contribution in [0.1, 0.15) is 77.7 Å². The first-order valence-corrected chi connectivity index (χ1v) is 14.9. The van der Waals surface area contributed by atoms with Crippen molar-refractivity contribution < 1.29 is 24.2 Å². The molecule has 8 heteroatoms. The molecule has 2 fully saturated rings. The number of carboxylic acid groups (broad SMARTS) is 1. The molecule has 1 saturated heterocycles. The highest BCUT2D eigenvalue weighted by atomic mass is 32.2. The van der Waals surface area contributed by atoms with Gasteiger partial charge in [-0.25, -0.2) is 4.79 Å². The molecule has 0 spiro atoms. The molecule has 0 unspecified atom stereocenters. The standard InChI is InChI=1S/C29H44N2O5S/c1-29(2,3)26(36-18-22-13-8-5-9-14-22)27(33)30-24(28(34)35)20-37-19-23-15-10-16-31(23)25(32)17-21-11-6-4-7-12-21/h5,8-9,13-14,21,23-24,26H,4,6-7,10-12,15-20H2,1-3H3,(H,30,33)(H,34,35)/t23-,24-,26+/m0/s1. The topological polar surface area (TPSA) is 95.9 Å². The number of hydrogen-bond acceptors (Lipinski definition) is 5. The Bertz CT molecular complexity index is 882. The monoisotopic (exact) mass is 532 g/mol. The maximum Gasteiger partial charge on any atom is 0.327 e. The third-order valence-electron chi connectivity index (χ3n) is 7.38. The van der Waals surface area contributed by atoms with Crippen LogP contribution in [0.15, 0.2) is 30.3 Å². The number of rotatable bonds is 12. The summed E-state index contributed by atoms with van der Waals surface area (Å²) >= 11 is 1.50. The van der Waals surface area contributed by atoms with Crippen molar-refractivity contribution in [2.45, 2.75) is 96.9 Å². The molecule has 3 rings (SSSR count). The van der Waals surface area contributed by atoms with Gasteiger partial charge in [-0.1, -0.05) is 70.4 Å². The molecule has 2 N–H and O–H groups in total. The minimum Gasteiger partial charge on any atom is -0.480 e. The summed E-state index contributed by atoms with van der Waals surface area (Å²) in [6.45, 7) is 6.79. The molecule has 1 aliphatic heterocycles. The second-order valence-corrected chi connectivity index (χ2v) is 12.6. The summed E-state index contributed by atoms with van der Waals surface area (Å²) in [6.07, 6.45) is 7.85. The molecule has 3 atom stereocenters. The maximum absolute atomic E-state index is 13.1. The molecular weight excluding hydrogens is 488 g/mol. The van der Waals surface area contributed by atoms with Crippen molar-refractivity contribution in [2.24, 2.45) is 11.3 Å². The van der Waals surface area contributed by atoms with E-state index in [1.54, 1.807) is 0 Å². The summed E-state index contributed by atoms with van der Waals surface area (Å²) < 4.78 is 5.97. The van der Waals surface area contributed by atoms with Crippen LogP contribution in [0, 0.1) is 11.3 Å². The van der Waals surface area contributed by atoms with Crippen LogP contribution in [0.3, 0.4) is 0 Å². The molecule has 0 bridgehead atoms. The van der Waals surface area contributed by atoms with E-state index in [0.29, 0.717) is 18.1 Å². The molecule has 37 heavy (non-hydrogen) atoms. The normalized spacial score (nSPS) is 20.4. The third-order valence-corrected chi connectivity index (χ3v) is 8.57. The van der Waals surface area contributed by atoms with Crippen molar-refractivity contribution >= 4 is 29.5 Å². The van der Waals surface area contributed by atoms with Gasteiger partial charge in [-0.2, -0.15) is 11.8 Å². The Kier molecular flexibility index (Phi) is 11.3. The number of amides is 2. The fourth-order valence-electron chi connectivity index (χ4n) is 5.31. The number of carbonyl (C=O) groups is 3. The van der Waals surface area contributed by atoms with E-state index >= 15 is 0 Å². The second-order valence-electron chi connectivity index (χ2n) is 11.6. The van der Waals surface area contributed by atoms with Crippen LogP contribution in [-0.2, 0) is 25.7 Å². The number of thioether (sulfide) groups is 1. The minimum atomic E-state index is -1.06. The second kappa shape index (κ2) is 14.2. The van der Waals surface area contributed by atoms with Gasteiger partial charge in [0.1, 0.15) is 12.1 Å². The van der Waals surface area contributed by atoms with E-state index in [9.17, 15) is 19.5 Å². The van der Waals surface area contributed by atoms with E-state index in [4.69, 9.17) is 4.74 Å². The number of nitrogens with zero attached hydrogens (tertiary/aromatic N) is 1. The van der Waals surface area contributed by atoms with Gasteiger partial charge in [0.25, 0.3) is 0 Å². The van der Waals surface area contributed by atoms with Crippen molar-refractivity contribution in [1.82, 2.24) is 10.2 Å². The molecule has 7 nitrogen and oxygen atoms in total. The smallest absolute Gasteiger partial charge is 0.327 e. The van der Waals surface area contributed by atoms with Gasteiger partial charge in [0.15, 0.2) is 0 Å². The Labute approximate surface area is 226 Å². The van der Waals surface area contributed by atoms with Gasteiger partial charge in [0.05, 0.1) is 6.61 Å². The van der Waals surface area contributed by atoms with Gasteiger partial charge in [-0.3, -0.25) is 9.59 Å². The average molecular weight is 533 g/mol. The number of likely N-dealkylation sites (tertiary alicyclic amines) is 1. The number of carbonyl (C=O) groups excluding carboxylic acids is 2. The molecule has 1 heterocycles. The number of aliphatic carboxylic acids is 1. The first-order chi connectivity index (χ1) is 17.6.